The second-order valence-corrected chi connectivity index (χ2v) is 3.25. The highest BCUT2D eigenvalue weighted by Gasteiger charge is 2.15. The van der Waals surface area contributed by atoms with Crippen LogP contribution in [0.3, 0.4) is 0 Å². The fourth-order valence-electron chi connectivity index (χ4n) is 0.993. The van der Waals surface area contributed by atoms with E-state index >= 15 is 0 Å². The third-order valence-electron chi connectivity index (χ3n) is 1.87. The van der Waals surface area contributed by atoms with Gasteiger partial charge in [-0.2, -0.15) is 0 Å². The van der Waals surface area contributed by atoms with Gasteiger partial charge in [-0.05, 0) is 31.5 Å². The largest absolute Gasteiger partial charge is 0.480 e. The number of rotatable bonds is 3. The number of pyridine rings is 1. The third-order valence-corrected chi connectivity index (χ3v) is 1.87. The van der Waals surface area contributed by atoms with Gasteiger partial charge in [-0.15, -0.1) is 0 Å². The molecule has 0 radical (unpaired) electrons. The Labute approximate surface area is 87.1 Å². The van der Waals surface area contributed by atoms with Crippen molar-refractivity contribution < 1.29 is 14.7 Å². The highest BCUT2D eigenvalue weighted by molar-refractivity contribution is 5.94. The molecular weight excluding hydrogens is 196 g/mol. The molecule has 0 aliphatic heterocycles. The number of aromatic nitrogens is 1. The van der Waals surface area contributed by atoms with Gasteiger partial charge >= 0.3 is 5.97 Å². The number of aliphatic carboxylic acids is 1. The highest BCUT2D eigenvalue weighted by atomic mass is 16.4. The van der Waals surface area contributed by atoms with Gasteiger partial charge in [0.15, 0.2) is 0 Å². The molecule has 5 heteroatoms. The number of aryl methyl sites for hydroxylation is 1. The first-order chi connectivity index (χ1) is 7.00. The van der Waals surface area contributed by atoms with E-state index < -0.39 is 17.9 Å². The molecule has 0 unspecified atom stereocenters. The Morgan fingerprint density at radius 1 is 1.53 bits per heavy atom. The minimum Gasteiger partial charge on any atom is -0.480 e. The van der Waals surface area contributed by atoms with Crippen LogP contribution < -0.4 is 5.32 Å². The van der Waals surface area contributed by atoms with Crippen LogP contribution in [-0.4, -0.2) is 28.0 Å². The molecule has 1 aromatic rings. The topological polar surface area (TPSA) is 79.3 Å². The number of carbonyl (C=O) groups excluding carboxylic acids is 1. The summed E-state index contributed by atoms with van der Waals surface area (Å²) in [6.07, 6.45) is 1.51. The number of carboxylic acid groups (broad SMARTS) is 1. The summed E-state index contributed by atoms with van der Waals surface area (Å²) in [5, 5.41) is 10.9. The summed E-state index contributed by atoms with van der Waals surface area (Å²) >= 11 is 0. The van der Waals surface area contributed by atoms with Crippen LogP contribution in [0.5, 0.6) is 0 Å². The van der Waals surface area contributed by atoms with E-state index in [9.17, 15) is 9.59 Å². The molecule has 1 heterocycles. The van der Waals surface area contributed by atoms with Crippen molar-refractivity contribution in [3.63, 3.8) is 0 Å². The van der Waals surface area contributed by atoms with Gasteiger partial charge in [0.05, 0.1) is 0 Å². The zero-order valence-corrected chi connectivity index (χ0v) is 8.52. The van der Waals surface area contributed by atoms with Gasteiger partial charge in [0.2, 0.25) is 0 Å². The number of carboxylic acids is 1. The molecule has 0 spiro atoms. The van der Waals surface area contributed by atoms with E-state index in [1.807, 2.05) is 6.92 Å². The molecule has 1 amide bonds. The van der Waals surface area contributed by atoms with Gasteiger partial charge in [0, 0.05) is 6.20 Å². The Morgan fingerprint density at radius 2 is 2.20 bits per heavy atom. The summed E-state index contributed by atoms with van der Waals surface area (Å²) in [4.78, 5) is 25.8. The van der Waals surface area contributed by atoms with Crippen LogP contribution in [0, 0.1) is 6.92 Å². The van der Waals surface area contributed by atoms with Crippen molar-refractivity contribution in [3.8, 4) is 0 Å². The average Bonchev–Trinajstić information content (AvgIpc) is 2.17. The summed E-state index contributed by atoms with van der Waals surface area (Å²) in [6.45, 7) is 3.23. The van der Waals surface area contributed by atoms with E-state index in [1.54, 1.807) is 12.1 Å². The molecule has 15 heavy (non-hydrogen) atoms. The predicted molar refractivity (Wildman–Crippen MR) is 53.5 cm³/mol. The number of carbonyl (C=O) groups is 2. The Morgan fingerprint density at radius 3 is 2.73 bits per heavy atom. The van der Waals surface area contributed by atoms with Crippen molar-refractivity contribution >= 4 is 11.9 Å². The van der Waals surface area contributed by atoms with Crippen LogP contribution in [0.15, 0.2) is 18.3 Å². The number of nitrogens with one attached hydrogen (secondary N) is 1. The fraction of sp³-hybridized carbons (Fsp3) is 0.300. The maximum Gasteiger partial charge on any atom is 0.325 e. The average molecular weight is 208 g/mol. The van der Waals surface area contributed by atoms with Crippen molar-refractivity contribution in [1.29, 1.82) is 0 Å². The lowest BCUT2D eigenvalue weighted by Crippen LogP contribution is -2.38. The van der Waals surface area contributed by atoms with Gasteiger partial charge in [-0.1, -0.05) is 0 Å². The first-order valence-electron chi connectivity index (χ1n) is 4.47. The number of amides is 1. The second-order valence-electron chi connectivity index (χ2n) is 3.25. The molecule has 1 aromatic heterocycles. The van der Waals surface area contributed by atoms with Crippen molar-refractivity contribution in [2.45, 2.75) is 19.9 Å². The number of nitrogens with zero attached hydrogens (tertiary/aromatic N) is 1. The second kappa shape index (κ2) is 4.54. The van der Waals surface area contributed by atoms with Gasteiger partial charge in [-0.3, -0.25) is 14.6 Å². The van der Waals surface area contributed by atoms with Gasteiger partial charge in [0.25, 0.3) is 5.91 Å². The molecule has 0 fully saturated rings. The summed E-state index contributed by atoms with van der Waals surface area (Å²) in [6, 6.07) is 2.45. The van der Waals surface area contributed by atoms with Gasteiger partial charge in [0.1, 0.15) is 11.7 Å². The SMILES string of the molecule is Cc1ccnc(C(=O)N[C@@H](C)C(=O)O)c1. The Bertz CT molecular complexity index is 390. The van der Waals surface area contributed by atoms with Crippen LogP contribution in [0.4, 0.5) is 0 Å². The Hall–Kier alpha value is -1.91. The summed E-state index contributed by atoms with van der Waals surface area (Å²) in [5.41, 5.74) is 1.13. The molecule has 5 nitrogen and oxygen atoms in total. The molecule has 1 atom stereocenters. The van der Waals surface area contributed by atoms with E-state index in [1.165, 1.54) is 13.1 Å². The number of hydrogen-bond acceptors (Lipinski definition) is 3. The van der Waals surface area contributed by atoms with Crippen LogP contribution in [0.25, 0.3) is 0 Å². The smallest absolute Gasteiger partial charge is 0.325 e. The van der Waals surface area contributed by atoms with E-state index in [0.717, 1.165) is 5.56 Å². The van der Waals surface area contributed by atoms with E-state index in [2.05, 4.69) is 10.3 Å². The predicted octanol–water partition coefficient (Wildman–Crippen LogP) is 0.593. The molecular formula is C10H12N2O3. The third kappa shape index (κ3) is 3.05. The van der Waals surface area contributed by atoms with E-state index in [-0.39, 0.29) is 5.69 Å². The minimum atomic E-state index is -1.07. The lowest BCUT2D eigenvalue weighted by Gasteiger charge is -2.08. The zero-order valence-electron chi connectivity index (χ0n) is 8.52. The normalized spacial score (nSPS) is 11.9. The molecule has 0 aliphatic carbocycles. The quantitative estimate of drug-likeness (QED) is 0.762. The summed E-state index contributed by atoms with van der Waals surface area (Å²) < 4.78 is 0. The monoisotopic (exact) mass is 208 g/mol. The molecule has 1 rings (SSSR count). The van der Waals surface area contributed by atoms with Crippen LogP contribution in [0.2, 0.25) is 0 Å². The van der Waals surface area contributed by atoms with Crippen molar-refractivity contribution in [1.82, 2.24) is 10.3 Å². The Balaban J connectivity index is 2.73. The van der Waals surface area contributed by atoms with Crippen LogP contribution >= 0.6 is 0 Å². The molecule has 0 aromatic carbocycles. The van der Waals surface area contributed by atoms with Gasteiger partial charge in [-0.25, -0.2) is 0 Å². The fourth-order valence-corrected chi connectivity index (χ4v) is 0.993. The summed E-state index contributed by atoms with van der Waals surface area (Å²) in [5.74, 6) is -1.55. The lowest BCUT2D eigenvalue weighted by molar-refractivity contribution is -0.138. The maximum atomic E-state index is 11.5. The van der Waals surface area contributed by atoms with Gasteiger partial charge < -0.3 is 10.4 Å². The Kier molecular flexibility index (Phi) is 3.38. The van der Waals surface area contributed by atoms with E-state index in [0.29, 0.717) is 0 Å². The highest BCUT2D eigenvalue weighted by Crippen LogP contribution is 2.00. The van der Waals surface area contributed by atoms with Crippen molar-refractivity contribution in [3.05, 3.63) is 29.6 Å². The maximum absolute atomic E-state index is 11.5. The van der Waals surface area contributed by atoms with Crippen molar-refractivity contribution in [2.24, 2.45) is 0 Å². The first-order valence-corrected chi connectivity index (χ1v) is 4.47. The molecule has 80 valence electrons. The summed E-state index contributed by atoms with van der Waals surface area (Å²) in [7, 11) is 0. The van der Waals surface area contributed by atoms with Crippen molar-refractivity contribution in [2.75, 3.05) is 0 Å². The first kappa shape index (κ1) is 11.2. The van der Waals surface area contributed by atoms with E-state index in [4.69, 9.17) is 5.11 Å². The minimum absolute atomic E-state index is 0.225. The van der Waals surface area contributed by atoms with Crippen LogP contribution in [-0.2, 0) is 4.79 Å². The molecule has 2 N–H and O–H groups in total. The molecule has 0 aliphatic rings. The van der Waals surface area contributed by atoms with Crippen LogP contribution in [0.1, 0.15) is 23.0 Å². The molecule has 0 saturated heterocycles. The zero-order chi connectivity index (χ0) is 11.4. The standard InChI is InChI=1S/C10H12N2O3/c1-6-3-4-11-8(5-6)9(13)12-7(2)10(14)15/h3-5,7H,1-2H3,(H,12,13)(H,14,15)/t7-/m0/s1. The lowest BCUT2D eigenvalue weighted by atomic mass is 10.2. The number of hydrogen-bond donors (Lipinski definition) is 2. The molecule has 0 bridgehead atoms. The molecule has 0 saturated carbocycles.